The van der Waals surface area contributed by atoms with Gasteiger partial charge in [-0.25, -0.2) is 4.79 Å². The highest BCUT2D eigenvalue weighted by molar-refractivity contribution is 5.84. The monoisotopic (exact) mass is 327 g/mol. The van der Waals surface area contributed by atoms with Crippen LogP contribution in [0.1, 0.15) is 53.8 Å². The van der Waals surface area contributed by atoms with E-state index in [9.17, 15) is 4.79 Å². The van der Waals surface area contributed by atoms with Gasteiger partial charge in [-0.3, -0.25) is 4.90 Å². The fraction of sp³-hybridized carbons (Fsp3) is 0.450. The van der Waals surface area contributed by atoms with Gasteiger partial charge in [0.25, 0.3) is 0 Å². The average molecular weight is 327 g/mol. The number of carbonyl (C=O) groups is 1. The van der Waals surface area contributed by atoms with Crippen LogP contribution in [0.5, 0.6) is 0 Å². The second kappa shape index (κ2) is 6.44. The number of aromatic carboxylic acids is 1. The first kappa shape index (κ1) is 16.8. The molecule has 0 saturated heterocycles. The number of carboxylic acids is 1. The topological polar surface area (TPSA) is 53.7 Å². The maximum atomic E-state index is 11.2. The van der Waals surface area contributed by atoms with E-state index in [0.29, 0.717) is 6.42 Å². The molecule has 0 saturated carbocycles. The third kappa shape index (κ3) is 3.24. The lowest BCUT2D eigenvalue weighted by Crippen LogP contribution is -2.35. The van der Waals surface area contributed by atoms with Gasteiger partial charge in [-0.2, -0.15) is 0 Å². The van der Waals surface area contributed by atoms with Gasteiger partial charge in [-0.1, -0.05) is 45.0 Å². The van der Waals surface area contributed by atoms with Gasteiger partial charge < -0.3 is 9.52 Å². The second-order valence-corrected chi connectivity index (χ2v) is 7.22. The van der Waals surface area contributed by atoms with Gasteiger partial charge in [0.2, 0.25) is 5.76 Å². The predicted octanol–water partition coefficient (Wildman–Crippen LogP) is 3.88. The van der Waals surface area contributed by atoms with Crippen molar-refractivity contribution < 1.29 is 14.3 Å². The fourth-order valence-corrected chi connectivity index (χ4v) is 3.78. The number of hydrogen-bond donors (Lipinski definition) is 1. The molecule has 1 aliphatic heterocycles. The SMILES string of the molecule is CCc1oc(C(=O)O)cc1CN1CCc2ccccc2C(C)(C)C1. The lowest BCUT2D eigenvalue weighted by atomic mass is 9.82. The van der Waals surface area contributed by atoms with Gasteiger partial charge in [-0.05, 0) is 23.6 Å². The summed E-state index contributed by atoms with van der Waals surface area (Å²) < 4.78 is 5.49. The van der Waals surface area contributed by atoms with Crippen LogP contribution in [0.15, 0.2) is 34.7 Å². The molecule has 0 atom stereocenters. The van der Waals surface area contributed by atoms with Crippen LogP contribution in [0.25, 0.3) is 0 Å². The molecule has 0 aliphatic carbocycles. The lowest BCUT2D eigenvalue weighted by molar-refractivity contribution is 0.0660. The normalized spacial score (nSPS) is 17.3. The Kier molecular flexibility index (Phi) is 4.50. The van der Waals surface area contributed by atoms with Crippen LogP contribution in [-0.4, -0.2) is 29.1 Å². The van der Waals surface area contributed by atoms with Gasteiger partial charge in [0.15, 0.2) is 0 Å². The minimum absolute atomic E-state index is 0.0409. The standard InChI is InChI=1S/C20H25NO3/c1-4-17-15(11-18(24-17)19(22)23)12-21-10-9-14-7-5-6-8-16(14)20(2,3)13-21/h5-8,11H,4,9-10,12-13H2,1-3H3,(H,22,23). The molecule has 0 unspecified atom stereocenters. The van der Waals surface area contributed by atoms with Gasteiger partial charge in [0, 0.05) is 37.0 Å². The van der Waals surface area contributed by atoms with E-state index in [1.807, 2.05) is 6.92 Å². The van der Waals surface area contributed by atoms with E-state index in [2.05, 4.69) is 43.0 Å². The van der Waals surface area contributed by atoms with Crippen LogP contribution in [0.3, 0.4) is 0 Å². The number of aryl methyl sites for hydroxylation is 1. The minimum atomic E-state index is -1.00. The van der Waals surface area contributed by atoms with Gasteiger partial charge >= 0.3 is 5.97 Å². The first-order valence-electron chi connectivity index (χ1n) is 8.56. The summed E-state index contributed by atoms with van der Waals surface area (Å²) in [5.41, 5.74) is 3.90. The Labute approximate surface area is 143 Å². The zero-order chi connectivity index (χ0) is 17.3. The number of fused-ring (bicyclic) bond motifs is 1. The minimum Gasteiger partial charge on any atom is -0.475 e. The molecule has 4 nitrogen and oxygen atoms in total. The van der Waals surface area contributed by atoms with E-state index >= 15 is 0 Å². The van der Waals surface area contributed by atoms with Gasteiger partial charge in [0.05, 0.1) is 0 Å². The van der Waals surface area contributed by atoms with E-state index in [-0.39, 0.29) is 11.2 Å². The Hall–Kier alpha value is -2.07. The van der Waals surface area contributed by atoms with E-state index in [0.717, 1.165) is 37.4 Å². The Morgan fingerprint density at radius 3 is 2.79 bits per heavy atom. The van der Waals surface area contributed by atoms with Crippen LogP contribution >= 0.6 is 0 Å². The van der Waals surface area contributed by atoms with Crippen molar-refractivity contribution in [1.82, 2.24) is 4.90 Å². The first-order chi connectivity index (χ1) is 11.4. The van der Waals surface area contributed by atoms with Crippen molar-refractivity contribution in [2.45, 2.75) is 45.6 Å². The molecule has 1 aromatic carbocycles. The van der Waals surface area contributed by atoms with Crippen molar-refractivity contribution >= 4 is 5.97 Å². The van der Waals surface area contributed by atoms with Crippen LogP contribution in [-0.2, 0) is 24.8 Å². The molecule has 24 heavy (non-hydrogen) atoms. The van der Waals surface area contributed by atoms with Gasteiger partial charge in [-0.15, -0.1) is 0 Å². The highest BCUT2D eigenvalue weighted by Crippen LogP contribution is 2.32. The molecule has 4 heteroatoms. The number of nitrogens with zero attached hydrogens (tertiary/aromatic N) is 1. The molecule has 0 spiro atoms. The van der Waals surface area contributed by atoms with E-state index in [1.54, 1.807) is 6.07 Å². The Bertz CT molecular complexity index is 745. The maximum absolute atomic E-state index is 11.2. The molecule has 128 valence electrons. The molecular formula is C20H25NO3. The van der Waals surface area contributed by atoms with Gasteiger partial charge in [0.1, 0.15) is 5.76 Å². The van der Waals surface area contributed by atoms with Crippen LogP contribution in [0.4, 0.5) is 0 Å². The lowest BCUT2D eigenvalue weighted by Gasteiger charge is -2.30. The summed E-state index contributed by atoms with van der Waals surface area (Å²) in [4.78, 5) is 13.6. The molecule has 1 N–H and O–H groups in total. The zero-order valence-corrected chi connectivity index (χ0v) is 14.6. The molecule has 1 aromatic heterocycles. The van der Waals surface area contributed by atoms with E-state index in [1.165, 1.54) is 11.1 Å². The van der Waals surface area contributed by atoms with E-state index in [4.69, 9.17) is 9.52 Å². The predicted molar refractivity (Wildman–Crippen MR) is 93.5 cm³/mol. The molecule has 1 aliphatic rings. The summed E-state index contributed by atoms with van der Waals surface area (Å²) in [5.74, 6) is -0.175. The molecule has 3 rings (SSSR count). The average Bonchev–Trinajstić information content (AvgIpc) is 2.90. The molecule has 0 bridgehead atoms. The van der Waals surface area contributed by atoms with Crippen LogP contribution < -0.4 is 0 Å². The highest BCUT2D eigenvalue weighted by Gasteiger charge is 2.30. The molecular weight excluding hydrogens is 302 g/mol. The number of benzene rings is 1. The third-order valence-corrected chi connectivity index (χ3v) is 4.89. The van der Waals surface area contributed by atoms with Crippen molar-refractivity contribution in [2.24, 2.45) is 0 Å². The van der Waals surface area contributed by atoms with Crippen molar-refractivity contribution in [3.05, 3.63) is 58.5 Å². The molecule has 2 aromatic rings. The van der Waals surface area contributed by atoms with Crippen molar-refractivity contribution in [3.63, 3.8) is 0 Å². The summed E-state index contributed by atoms with van der Waals surface area (Å²) in [5, 5.41) is 9.16. The Morgan fingerprint density at radius 2 is 2.08 bits per heavy atom. The fourth-order valence-electron chi connectivity index (χ4n) is 3.78. The van der Waals surface area contributed by atoms with E-state index < -0.39 is 5.97 Å². The molecule has 2 heterocycles. The molecule has 0 radical (unpaired) electrons. The third-order valence-electron chi connectivity index (χ3n) is 4.89. The van der Waals surface area contributed by atoms with Crippen LogP contribution in [0.2, 0.25) is 0 Å². The number of rotatable bonds is 4. The summed E-state index contributed by atoms with van der Waals surface area (Å²) in [6.45, 7) is 9.21. The summed E-state index contributed by atoms with van der Waals surface area (Å²) in [7, 11) is 0. The van der Waals surface area contributed by atoms with Crippen molar-refractivity contribution in [3.8, 4) is 0 Å². The highest BCUT2D eigenvalue weighted by atomic mass is 16.4. The number of carboxylic acid groups (broad SMARTS) is 1. The maximum Gasteiger partial charge on any atom is 0.371 e. The molecule has 0 fully saturated rings. The summed E-state index contributed by atoms with van der Waals surface area (Å²) in [6.07, 6.45) is 1.73. The smallest absolute Gasteiger partial charge is 0.371 e. The largest absolute Gasteiger partial charge is 0.475 e. The quantitative estimate of drug-likeness (QED) is 0.926. The van der Waals surface area contributed by atoms with Crippen molar-refractivity contribution in [2.75, 3.05) is 13.1 Å². The number of hydrogen-bond acceptors (Lipinski definition) is 3. The first-order valence-corrected chi connectivity index (χ1v) is 8.56. The Balaban J connectivity index is 1.84. The summed E-state index contributed by atoms with van der Waals surface area (Å²) >= 11 is 0. The number of furan rings is 1. The Morgan fingerprint density at radius 1 is 1.33 bits per heavy atom. The van der Waals surface area contributed by atoms with Crippen molar-refractivity contribution in [1.29, 1.82) is 0 Å². The second-order valence-electron chi connectivity index (χ2n) is 7.22. The zero-order valence-electron chi connectivity index (χ0n) is 14.6. The molecule has 0 amide bonds. The van der Waals surface area contributed by atoms with Crippen LogP contribution in [0, 0.1) is 0 Å². The summed E-state index contributed by atoms with van der Waals surface area (Å²) in [6, 6.07) is 10.4.